The maximum absolute atomic E-state index is 12.6. The van der Waals surface area contributed by atoms with Gasteiger partial charge in [0.05, 0.1) is 15.5 Å². The van der Waals surface area contributed by atoms with Crippen LogP contribution in [-0.4, -0.2) is 20.0 Å². The lowest BCUT2D eigenvalue weighted by atomic mass is 9.87. The second kappa shape index (κ2) is 10.1. The van der Waals surface area contributed by atoms with E-state index in [4.69, 9.17) is 0 Å². The van der Waals surface area contributed by atoms with Crippen molar-refractivity contribution in [1.82, 2.24) is 5.43 Å². The predicted molar refractivity (Wildman–Crippen MR) is 138 cm³/mol. The average molecular weight is 496 g/mol. The van der Waals surface area contributed by atoms with Gasteiger partial charge in [0.25, 0.3) is 15.9 Å². The number of carbonyl (C=O) groups is 1. The third-order valence-corrected chi connectivity index (χ3v) is 8.83. The molecule has 2 aromatic carbocycles. The highest BCUT2D eigenvalue weighted by molar-refractivity contribution is 7.92. The summed E-state index contributed by atoms with van der Waals surface area (Å²) in [4.78, 5) is 14.9. The van der Waals surface area contributed by atoms with Gasteiger partial charge < -0.3 is 0 Å². The van der Waals surface area contributed by atoms with Gasteiger partial charge >= 0.3 is 0 Å². The number of fused-ring (bicyclic) bond motifs is 1. The molecule has 1 aliphatic carbocycles. The summed E-state index contributed by atoms with van der Waals surface area (Å²) in [6.07, 6.45) is 4.47. The molecular formula is C26H29N3O3S2. The van der Waals surface area contributed by atoms with Crippen LogP contribution in [0.1, 0.15) is 57.9 Å². The first kappa shape index (κ1) is 24.2. The van der Waals surface area contributed by atoms with Crippen LogP contribution in [0.5, 0.6) is 0 Å². The second-order valence-electron chi connectivity index (χ2n) is 8.71. The number of aryl methyl sites for hydroxylation is 2. The number of rotatable bonds is 7. The third-order valence-electron chi connectivity index (χ3n) is 6.20. The third kappa shape index (κ3) is 5.56. The average Bonchev–Trinajstić information content (AvgIpc) is 3.26. The van der Waals surface area contributed by atoms with Crippen molar-refractivity contribution < 1.29 is 13.2 Å². The lowest BCUT2D eigenvalue weighted by Crippen LogP contribution is -2.18. The Kier molecular flexibility index (Phi) is 7.19. The minimum atomic E-state index is -3.66. The Labute approximate surface area is 205 Å². The molecule has 0 radical (unpaired) electrons. The molecule has 1 heterocycles. The summed E-state index contributed by atoms with van der Waals surface area (Å²) in [6, 6.07) is 15.6. The van der Waals surface area contributed by atoms with E-state index in [1.165, 1.54) is 23.3 Å². The second-order valence-corrected chi connectivity index (χ2v) is 11.5. The molecule has 6 nitrogen and oxygen atoms in total. The molecular weight excluding hydrogens is 466 g/mol. The zero-order valence-electron chi connectivity index (χ0n) is 19.6. The summed E-state index contributed by atoms with van der Waals surface area (Å²) in [5.74, 6) is 0.511. The molecule has 1 unspecified atom stereocenters. The molecule has 0 spiro atoms. The number of sulfonamides is 1. The van der Waals surface area contributed by atoms with Crippen LogP contribution in [0.25, 0.3) is 0 Å². The minimum absolute atomic E-state index is 0.200. The normalized spacial score (nSPS) is 16.1. The number of nitrogens with zero attached hydrogens (tertiary/aromatic N) is 1. The summed E-state index contributed by atoms with van der Waals surface area (Å²) in [7, 11) is -3.66. The summed E-state index contributed by atoms with van der Waals surface area (Å²) in [5, 5.41) is 4.25. The first-order valence-electron chi connectivity index (χ1n) is 11.4. The Morgan fingerprint density at radius 3 is 2.50 bits per heavy atom. The fourth-order valence-electron chi connectivity index (χ4n) is 4.02. The lowest BCUT2D eigenvalue weighted by molar-refractivity contribution is 0.0959. The number of nitrogens with one attached hydrogen (secondary N) is 2. The van der Waals surface area contributed by atoms with Crippen molar-refractivity contribution in [1.29, 1.82) is 0 Å². The number of hydrogen-bond acceptors (Lipinski definition) is 5. The van der Waals surface area contributed by atoms with Gasteiger partial charge in [0.15, 0.2) is 0 Å². The quantitative estimate of drug-likeness (QED) is 0.334. The fourth-order valence-corrected chi connectivity index (χ4v) is 6.18. The van der Waals surface area contributed by atoms with Crippen molar-refractivity contribution in [2.45, 2.75) is 51.3 Å². The Hall–Kier alpha value is -2.97. The smallest absolute Gasteiger partial charge is 0.280 e. The van der Waals surface area contributed by atoms with Gasteiger partial charge in [0.2, 0.25) is 0 Å². The van der Waals surface area contributed by atoms with Crippen molar-refractivity contribution in [3.05, 3.63) is 81.0 Å². The fraction of sp³-hybridized carbons (Fsp3) is 0.308. The molecule has 1 aromatic heterocycles. The highest BCUT2D eigenvalue weighted by atomic mass is 32.2. The van der Waals surface area contributed by atoms with Crippen LogP contribution in [0.2, 0.25) is 0 Å². The van der Waals surface area contributed by atoms with E-state index in [9.17, 15) is 13.2 Å². The number of carbonyl (C=O) groups excluding carboxylic acids is 1. The molecule has 0 fully saturated rings. The largest absolute Gasteiger partial charge is 0.281 e. The van der Waals surface area contributed by atoms with Crippen LogP contribution in [0.3, 0.4) is 0 Å². The molecule has 178 valence electrons. The molecule has 0 saturated heterocycles. The van der Waals surface area contributed by atoms with Crippen molar-refractivity contribution >= 4 is 38.7 Å². The minimum Gasteiger partial charge on any atom is -0.280 e. The Balaban J connectivity index is 1.39. The number of thiophene rings is 1. The van der Waals surface area contributed by atoms with Crippen molar-refractivity contribution in [2.75, 3.05) is 4.72 Å². The Morgan fingerprint density at radius 1 is 1.12 bits per heavy atom. The van der Waals surface area contributed by atoms with Gasteiger partial charge in [0.1, 0.15) is 0 Å². The van der Waals surface area contributed by atoms with E-state index in [1.54, 1.807) is 66.8 Å². The summed E-state index contributed by atoms with van der Waals surface area (Å²) < 4.78 is 27.7. The highest BCUT2D eigenvalue weighted by Crippen LogP contribution is 2.33. The van der Waals surface area contributed by atoms with Crippen LogP contribution in [0, 0.1) is 12.8 Å². The van der Waals surface area contributed by atoms with Crippen LogP contribution in [0.4, 0.5) is 5.69 Å². The van der Waals surface area contributed by atoms with Gasteiger partial charge in [-0.1, -0.05) is 43.2 Å². The van der Waals surface area contributed by atoms with Gasteiger partial charge in [-0.25, -0.2) is 13.8 Å². The van der Waals surface area contributed by atoms with Crippen LogP contribution in [0.15, 0.2) is 64.6 Å². The molecule has 1 amide bonds. The molecule has 0 aliphatic heterocycles. The number of amides is 1. The molecule has 1 atom stereocenters. The first-order valence-corrected chi connectivity index (χ1v) is 13.7. The summed E-state index contributed by atoms with van der Waals surface area (Å²) in [5.41, 5.74) is 6.83. The highest BCUT2D eigenvalue weighted by Gasteiger charge is 2.22. The molecule has 34 heavy (non-hydrogen) atoms. The lowest BCUT2D eigenvalue weighted by Gasteiger charge is -2.19. The van der Waals surface area contributed by atoms with E-state index in [-0.39, 0.29) is 10.8 Å². The summed E-state index contributed by atoms with van der Waals surface area (Å²) >= 11 is 1.56. The van der Waals surface area contributed by atoms with Crippen LogP contribution >= 0.6 is 11.3 Å². The van der Waals surface area contributed by atoms with Gasteiger partial charge in [0, 0.05) is 10.6 Å². The SMILES string of the molecule is CCC1CCc2sc(C(=O)NN=C(C)c3ccc(NS(=O)(=O)c4ccc(C)cc4)cc3)cc2C1. The van der Waals surface area contributed by atoms with E-state index in [0.29, 0.717) is 22.2 Å². The zero-order chi connectivity index (χ0) is 24.3. The number of hydrazone groups is 1. The zero-order valence-corrected chi connectivity index (χ0v) is 21.2. The Morgan fingerprint density at radius 2 is 1.82 bits per heavy atom. The molecule has 0 saturated carbocycles. The number of benzene rings is 2. The van der Waals surface area contributed by atoms with Crippen LogP contribution < -0.4 is 10.1 Å². The molecule has 0 bridgehead atoms. The number of hydrogen-bond donors (Lipinski definition) is 2. The Bertz CT molecular complexity index is 1310. The van der Waals surface area contributed by atoms with E-state index in [2.05, 4.69) is 22.2 Å². The van der Waals surface area contributed by atoms with E-state index in [0.717, 1.165) is 24.0 Å². The topological polar surface area (TPSA) is 87.6 Å². The molecule has 1 aliphatic rings. The maximum atomic E-state index is 12.6. The monoisotopic (exact) mass is 495 g/mol. The standard InChI is InChI=1S/C26H29N3O3S2/c1-4-19-7-14-24-21(15-19)16-25(33-24)26(30)28-27-18(3)20-8-10-22(11-9-20)29-34(31,32)23-12-5-17(2)6-13-23/h5-6,8-13,16,19,29H,4,7,14-15H2,1-3H3,(H,28,30). The molecule has 8 heteroatoms. The molecule has 4 rings (SSSR count). The van der Waals surface area contributed by atoms with E-state index in [1.807, 2.05) is 13.0 Å². The number of anilines is 1. The van der Waals surface area contributed by atoms with Crippen molar-refractivity contribution in [3.63, 3.8) is 0 Å². The van der Waals surface area contributed by atoms with Crippen LogP contribution in [-0.2, 0) is 22.9 Å². The first-order chi connectivity index (χ1) is 16.2. The van der Waals surface area contributed by atoms with Gasteiger partial charge in [-0.3, -0.25) is 9.52 Å². The van der Waals surface area contributed by atoms with E-state index < -0.39 is 10.0 Å². The molecule has 2 N–H and O–H groups in total. The maximum Gasteiger partial charge on any atom is 0.281 e. The van der Waals surface area contributed by atoms with E-state index >= 15 is 0 Å². The van der Waals surface area contributed by atoms with Gasteiger partial charge in [-0.2, -0.15) is 5.10 Å². The molecule has 3 aromatic rings. The van der Waals surface area contributed by atoms with Gasteiger partial charge in [-0.05, 0) is 80.5 Å². The summed E-state index contributed by atoms with van der Waals surface area (Å²) in [6.45, 7) is 5.93. The van der Waals surface area contributed by atoms with Gasteiger partial charge in [-0.15, -0.1) is 11.3 Å². The van der Waals surface area contributed by atoms with Crippen molar-refractivity contribution in [3.8, 4) is 0 Å². The predicted octanol–water partition coefficient (Wildman–Crippen LogP) is 5.53. The van der Waals surface area contributed by atoms with Crippen molar-refractivity contribution in [2.24, 2.45) is 11.0 Å².